The van der Waals surface area contributed by atoms with E-state index in [1.54, 1.807) is 14.2 Å². The molecule has 5 nitrogen and oxygen atoms in total. The molecule has 2 fully saturated rings. The molecule has 1 heterocycles. The van der Waals surface area contributed by atoms with Crippen LogP contribution >= 0.6 is 0 Å². The first-order chi connectivity index (χ1) is 8.58. The number of likely N-dealkylation sites (tertiary alicyclic amines) is 1. The lowest BCUT2D eigenvalue weighted by Crippen LogP contribution is -2.72. The molecule has 1 N–H and O–H groups in total. The Morgan fingerprint density at radius 2 is 1.56 bits per heavy atom. The van der Waals surface area contributed by atoms with Crippen LogP contribution in [-0.2, 0) is 14.3 Å². The first-order valence-electron chi connectivity index (χ1n) is 6.67. The number of carbonyl (C=O) groups is 1. The van der Waals surface area contributed by atoms with Crippen LogP contribution in [0.3, 0.4) is 0 Å². The zero-order chi connectivity index (χ0) is 13.2. The van der Waals surface area contributed by atoms with Crippen LogP contribution in [0, 0.1) is 0 Å². The standard InChI is InChI=1S/C13H23NO4/c1-17-13(18-2)9-14(10-13)12(11(15)16)7-5-3-4-6-8-12/h3-10H2,1-2H3,(H,15,16). The quantitative estimate of drug-likeness (QED) is 0.610. The molecule has 0 radical (unpaired) electrons. The van der Waals surface area contributed by atoms with Crippen molar-refractivity contribution >= 4 is 5.97 Å². The number of carboxylic acids is 1. The van der Waals surface area contributed by atoms with Crippen LogP contribution < -0.4 is 0 Å². The first-order valence-corrected chi connectivity index (χ1v) is 6.67. The van der Waals surface area contributed by atoms with E-state index in [0.29, 0.717) is 13.1 Å². The van der Waals surface area contributed by atoms with Gasteiger partial charge < -0.3 is 14.6 Å². The van der Waals surface area contributed by atoms with Gasteiger partial charge in [-0.25, -0.2) is 0 Å². The van der Waals surface area contributed by atoms with Crippen LogP contribution in [0.1, 0.15) is 38.5 Å². The third-order valence-electron chi connectivity index (χ3n) is 4.54. The molecule has 5 heteroatoms. The van der Waals surface area contributed by atoms with E-state index in [2.05, 4.69) is 0 Å². The molecule has 0 unspecified atom stereocenters. The zero-order valence-electron chi connectivity index (χ0n) is 11.3. The minimum Gasteiger partial charge on any atom is -0.480 e. The predicted molar refractivity (Wildman–Crippen MR) is 66.4 cm³/mol. The van der Waals surface area contributed by atoms with Crippen LogP contribution in [0.15, 0.2) is 0 Å². The van der Waals surface area contributed by atoms with Gasteiger partial charge in [-0.3, -0.25) is 9.69 Å². The molecule has 0 aromatic rings. The lowest BCUT2D eigenvalue weighted by Gasteiger charge is -2.54. The third kappa shape index (κ3) is 2.15. The van der Waals surface area contributed by atoms with Gasteiger partial charge in [0.15, 0.2) is 5.79 Å². The number of hydrogen-bond acceptors (Lipinski definition) is 4. The summed E-state index contributed by atoms with van der Waals surface area (Å²) in [4.78, 5) is 13.7. The Labute approximate surface area is 108 Å². The zero-order valence-corrected chi connectivity index (χ0v) is 11.3. The molecular formula is C13H23NO4. The van der Waals surface area contributed by atoms with Crippen molar-refractivity contribution in [2.75, 3.05) is 27.3 Å². The lowest BCUT2D eigenvalue weighted by atomic mass is 9.84. The molecular weight excluding hydrogens is 234 g/mol. The molecule has 0 atom stereocenters. The molecule has 1 saturated heterocycles. The number of rotatable bonds is 4. The van der Waals surface area contributed by atoms with Crippen LogP contribution in [0.25, 0.3) is 0 Å². The summed E-state index contributed by atoms with van der Waals surface area (Å²) in [6.45, 7) is 1.10. The summed E-state index contributed by atoms with van der Waals surface area (Å²) in [5.74, 6) is -1.29. The highest BCUT2D eigenvalue weighted by atomic mass is 16.7. The summed E-state index contributed by atoms with van der Waals surface area (Å²) in [5.41, 5.74) is -0.697. The van der Waals surface area contributed by atoms with Gasteiger partial charge in [-0.2, -0.15) is 0 Å². The molecule has 104 valence electrons. The van der Waals surface area contributed by atoms with Gasteiger partial charge in [0.2, 0.25) is 0 Å². The van der Waals surface area contributed by atoms with E-state index in [9.17, 15) is 9.90 Å². The van der Waals surface area contributed by atoms with E-state index >= 15 is 0 Å². The van der Waals surface area contributed by atoms with E-state index in [-0.39, 0.29) is 0 Å². The average Bonchev–Trinajstić information content (AvgIpc) is 2.56. The summed E-state index contributed by atoms with van der Waals surface area (Å²) in [6, 6.07) is 0. The summed E-state index contributed by atoms with van der Waals surface area (Å²) in [5, 5.41) is 9.64. The van der Waals surface area contributed by atoms with Gasteiger partial charge in [-0.15, -0.1) is 0 Å². The highest BCUT2D eigenvalue weighted by Gasteiger charge is 2.55. The molecule has 0 aromatic heterocycles. The van der Waals surface area contributed by atoms with Crippen LogP contribution in [0.5, 0.6) is 0 Å². The van der Waals surface area contributed by atoms with Crippen LogP contribution in [0.2, 0.25) is 0 Å². The predicted octanol–water partition coefficient (Wildman–Crippen LogP) is 1.47. The maximum absolute atomic E-state index is 11.7. The van der Waals surface area contributed by atoms with E-state index < -0.39 is 17.3 Å². The van der Waals surface area contributed by atoms with Crippen LogP contribution in [-0.4, -0.2) is 54.6 Å². The summed E-state index contributed by atoms with van der Waals surface area (Å²) < 4.78 is 10.7. The van der Waals surface area contributed by atoms with Crippen molar-refractivity contribution in [1.82, 2.24) is 4.90 Å². The van der Waals surface area contributed by atoms with Crippen molar-refractivity contribution in [1.29, 1.82) is 0 Å². The van der Waals surface area contributed by atoms with Gasteiger partial charge >= 0.3 is 5.97 Å². The van der Waals surface area contributed by atoms with Crippen molar-refractivity contribution < 1.29 is 19.4 Å². The molecule has 1 saturated carbocycles. The molecule has 0 aromatic carbocycles. The number of methoxy groups -OCH3 is 2. The number of hydrogen-bond donors (Lipinski definition) is 1. The Hall–Kier alpha value is -0.650. The summed E-state index contributed by atoms with van der Waals surface area (Å²) in [6.07, 6.45) is 5.76. The molecule has 1 aliphatic heterocycles. The van der Waals surface area contributed by atoms with E-state index in [0.717, 1.165) is 38.5 Å². The first kappa shape index (κ1) is 13.8. The minimum absolute atomic E-state index is 0.548. The normalized spacial score (nSPS) is 27.2. The van der Waals surface area contributed by atoms with E-state index in [4.69, 9.17) is 9.47 Å². The fourth-order valence-corrected chi connectivity index (χ4v) is 3.16. The molecule has 2 aliphatic rings. The van der Waals surface area contributed by atoms with Gasteiger partial charge in [-0.05, 0) is 12.8 Å². The summed E-state index contributed by atoms with van der Waals surface area (Å²) in [7, 11) is 3.22. The van der Waals surface area contributed by atoms with Crippen molar-refractivity contribution in [3.8, 4) is 0 Å². The Morgan fingerprint density at radius 1 is 1.06 bits per heavy atom. The Balaban J connectivity index is 2.10. The van der Waals surface area contributed by atoms with Gasteiger partial charge in [0.05, 0.1) is 13.1 Å². The second-order valence-corrected chi connectivity index (χ2v) is 5.43. The molecule has 0 amide bonds. The monoisotopic (exact) mass is 257 g/mol. The molecule has 0 spiro atoms. The van der Waals surface area contributed by atoms with Gasteiger partial charge in [0, 0.05) is 14.2 Å². The molecule has 18 heavy (non-hydrogen) atoms. The average molecular weight is 257 g/mol. The van der Waals surface area contributed by atoms with Crippen molar-refractivity contribution in [3.63, 3.8) is 0 Å². The van der Waals surface area contributed by atoms with Gasteiger partial charge in [0.25, 0.3) is 0 Å². The number of nitrogens with zero attached hydrogens (tertiary/aromatic N) is 1. The number of ether oxygens (including phenoxy) is 2. The van der Waals surface area contributed by atoms with Crippen molar-refractivity contribution in [2.45, 2.75) is 49.9 Å². The van der Waals surface area contributed by atoms with Crippen LogP contribution in [0.4, 0.5) is 0 Å². The minimum atomic E-state index is -0.697. The highest BCUT2D eigenvalue weighted by molar-refractivity contribution is 5.79. The Morgan fingerprint density at radius 3 is 1.94 bits per heavy atom. The SMILES string of the molecule is COC1(OC)CN(C2(C(=O)O)CCCCCC2)C1. The second-order valence-electron chi connectivity index (χ2n) is 5.43. The van der Waals surface area contributed by atoms with E-state index in [1.807, 2.05) is 4.90 Å². The maximum atomic E-state index is 11.7. The van der Waals surface area contributed by atoms with Crippen molar-refractivity contribution in [3.05, 3.63) is 0 Å². The molecule has 1 aliphatic carbocycles. The topological polar surface area (TPSA) is 59.0 Å². The highest BCUT2D eigenvalue weighted by Crippen LogP contribution is 2.40. The number of aliphatic carboxylic acids is 1. The van der Waals surface area contributed by atoms with Gasteiger partial charge in [-0.1, -0.05) is 25.7 Å². The third-order valence-corrected chi connectivity index (χ3v) is 4.54. The molecule has 2 rings (SSSR count). The smallest absolute Gasteiger partial charge is 0.324 e. The fraction of sp³-hybridized carbons (Fsp3) is 0.923. The fourth-order valence-electron chi connectivity index (χ4n) is 3.16. The van der Waals surface area contributed by atoms with Crippen molar-refractivity contribution in [2.24, 2.45) is 0 Å². The summed E-state index contributed by atoms with van der Waals surface area (Å²) >= 11 is 0. The van der Waals surface area contributed by atoms with Gasteiger partial charge in [0.1, 0.15) is 5.54 Å². The largest absolute Gasteiger partial charge is 0.480 e. The second kappa shape index (κ2) is 5.15. The Kier molecular flexibility index (Phi) is 3.94. The maximum Gasteiger partial charge on any atom is 0.324 e. The lowest BCUT2D eigenvalue weighted by molar-refractivity contribution is -0.292. The van der Waals surface area contributed by atoms with E-state index in [1.165, 1.54) is 0 Å². The number of carboxylic acid groups (broad SMARTS) is 1. The molecule has 0 bridgehead atoms. The Bertz CT molecular complexity index is 298.